The van der Waals surface area contributed by atoms with E-state index in [9.17, 15) is 0 Å². The summed E-state index contributed by atoms with van der Waals surface area (Å²) in [6.07, 6.45) is 0. The Balaban J connectivity index is 0.982. The van der Waals surface area contributed by atoms with E-state index in [1.165, 1.54) is 25.6 Å². The van der Waals surface area contributed by atoms with Crippen molar-refractivity contribution >= 4 is 96.9 Å². The normalized spacial score (nSPS) is 12.0. The Morgan fingerprint density at radius 2 is 0.862 bits per heavy atom. The standard InChI is InChI=1S/C59H33N3O2S/c1-2-13-35-32-36(27-26-34(35)12-1)57-60-58(37-28-31-53-48(33-37)41-14-5-8-25-52(41)65-53)62-59(61-57)45-21-10-17-38-39(18-9-19-40(38)45)43-29-30-44(56-55(43)47-16-4-7-23-50(47)64-56)42-20-11-24-51-54(42)46-15-3-6-22-49(46)63-51/h1-33H. The van der Waals surface area contributed by atoms with Crippen molar-refractivity contribution in [3.05, 3.63) is 200 Å². The van der Waals surface area contributed by atoms with Crippen molar-refractivity contribution in [2.75, 3.05) is 0 Å². The molecule has 14 rings (SSSR count). The maximum atomic E-state index is 6.87. The molecule has 0 unspecified atom stereocenters. The van der Waals surface area contributed by atoms with Gasteiger partial charge >= 0.3 is 0 Å². The Labute approximate surface area is 375 Å². The first-order valence-electron chi connectivity index (χ1n) is 21.7. The Hall–Kier alpha value is -8.45. The van der Waals surface area contributed by atoms with Crippen molar-refractivity contribution in [1.29, 1.82) is 0 Å². The van der Waals surface area contributed by atoms with Crippen molar-refractivity contribution in [2.24, 2.45) is 0 Å². The Kier molecular flexibility index (Phi) is 7.79. The third-order valence-electron chi connectivity index (χ3n) is 12.9. The quantitative estimate of drug-likeness (QED) is 0.173. The second-order valence-electron chi connectivity index (χ2n) is 16.6. The molecule has 10 aromatic carbocycles. The summed E-state index contributed by atoms with van der Waals surface area (Å²) < 4.78 is 15.7. The lowest BCUT2D eigenvalue weighted by Gasteiger charge is -2.14. The molecule has 0 radical (unpaired) electrons. The zero-order chi connectivity index (χ0) is 42.6. The molecule has 0 N–H and O–H groups in total. The molecule has 0 aliphatic heterocycles. The highest BCUT2D eigenvalue weighted by molar-refractivity contribution is 7.25. The lowest BCUT2D eigenvalue weighted by molar-refractivity contribution is 0.668. The van der Waals surface area contributed by atoms with Crippen LogP contribution in [0.4, 0.5) is 0 Å². The van der Waals surface area contributed by atoms with E-state index in [4.69, 9.17) is 23.8 Å². The Morgan fingerprint density at radius 1 is 0.308 bits per heavy atom. The Bertz CT molecular complexity index is 4270. The van der Waals surface area contributed by atoms with Crippen LogP contribution in [0.3, 0.4) is 0 Å². The number of rotatable bonds is 5. The van der Waals surface area contributed by atoms with E-state index in [0.717, 1.165) is 99.0 Å². The molecule has 0 amide bonds. The van der Waals surface area contributed by atoms with Crippen LogP contribution in [0.15, 0.2) is 209 Å². The van der Waals surface area contributed by atoms with Crippen molar-refractivity contribution in [1.82, 2.24) is 15.0 Å². The van der Waals surface area contributed by atoms with Crippen LogP contribution >= 0.6 is 11.3 Å². The van der Waals surface area contributed by atoms with E-state index in [-0.39, 0.29) is 0 Å². The van der Waals surface area contributed by atoms with Gasteiger partial charge < -0.3 is 8.83 Å². The van der Waals surface area contributed by atoms with Gasteiger partial charge in [-0.1, -0.05) is 146 Å². The fourth-order valence-electron chi connectivity index (χ4n) is 9.95. The molecular formula is C59H33N3O2S. The number of benzene rings is 10. The number of hydrogen-bond donors (Lipinski definition) is 0. The monoisotopic (exact) mass is 847 g/mol. The lowest BCUT2D eigenvalue weighted by Crippen LogP contribution is -2.00. The molecule has 0 saturated heterocycles. The maximum absolute atomic E-state index is 6.87. The summed E-state index contributed by atoms with van der Waals surface area (Å²) in [5, 5.41) is 11.2. The molecule has 302 valence electrons. The molecule has 0 aliphatic rings. The average molecular weight is 848 g/mol. The molecule has 0 saturated carbocycles. The molecule has 0 bridgehead atoms. The second-order valence-corrected chi connectivity index (χ2v) is 17.7. The number of aromatic nitrogens is 3. The van der Waals surface area contributed by atoms with Gasteiger partial charge in [-0.2, -0.15) is 0 Å². The molecule has 6 heteroatoms. The van der Waals surface area contributed by atoms with Crippen LogP contribution in [-0.2, 0) is 0 Å². The first kappa shape index (κ1) is 36.1. The minimum Gasteiger partial charge on any atom is -0.456 e. The van der Waals surface area contributed by atoms with Gasteiger partial charge in [0.1, 0.15) is 22.3 Å². The van der Waals surface area contributed by atoms with Gasteiger partial charge in [0, 0.05) is 64.0 Å². The van der Waals surface area contributed by atoms with E-state index in [1.54, 1.807) is 11.3 Å². The van der Waals surface area contributed by atoms with Crippen LogP contribution in [0, 0.1) is 0 Å². The summed E-state index contributed by atoms with van der Waals surface area (Å²) >= 11 is 1.81. The zero-order valence-electron chi connectivity index (χ0n) is 34.6. The smallest absolute Gasteiger partial charge is 0.164 e. The molecule has 5 nitrogen and oxygen atoms in total. The molecule has 4 heterocycles. The minimum absolute atomic E-state index is 0.617. The summed E-state index contributed by atoms with van der Waals surface area (Å²) in [4.78, 5) is 15.8. The van der Waals surface area contributed by atoms with Gasteiger partial charge in [0.15, 0.2) is 17.5 Å². The van der Waals surface area contributed by atoms with E-state index in [1.807, 2.05) is 24.3 Å². The van der Waals surface area contributed by atoms with Gasteiger partial charge in [-0.05, 0) is 92.8 Å². The lowest BCUT2D eigenvalue weighted by atomic mass is 9.90. The molecule has 0 aliphatic carbocycles. The van der Waals surface area contributed by atoms with Crippen LogP contribution in [0.5, 0.6) is 0 Å². The largest absolute Gasteiger partial charge is 0.456 e. The van der Waals surface area contributed by atoms with Crippen LogP contribution in [-0.4, -0.2) is 15.0 Å². The predicted octanol–water partition coefficient (Wildman–Crippen LogP) is 16.7. The molecule has 0 spiro atoms. The molecule has 65 heavy (non-hydrogen) atoms. The first-order valence-corrected chi connectivity index (χ1v) is 22.6. The Morgan fingerprint density at radius 3 is 1.71 bits per heavy atom. The topological polar surface area (TPSA) is 65.0 Å². The summed E-state index contributed by atoms with van der Waals surface area (Å²) in [6.45, 7) is 0. The number of para-hydroxylation sites is 2. The summed E-state index contributed by atoms with van der Waals surface area (Å²) in [5.74, 6) is 1.87. The van der Waals surface area contributed by atoms with E-state index < -0.39 is 0 Å². The first-order chi connectivity index (χ1) is 32.2. The number of hydrogen-bond acceptors (Lipinski definition) is 6. The van der Waals surface area contributed by atoms with Gasteiger partial charge in [-0.15, -0.1) is 11.3 Å². The number of nitrogens with zero attached hydrogens (tertiary/aromatic N) is 3. The maximum Gasteiger partial charge on any atom is 0.164 e. The van der Waals surface area contributed by atoms with Gasteiger partial charge in [0.2, 0.25) is 0 Å². The molecular weight excluding hydrogens is 815 g/mol. The molecule has 14 aromatic rings. The number of thiophene rings is 1. The van der Waals surface area contributed by atoms with E-state index in [2.05, 4.69) is 176 Å². The van der Waals surface area contributed by atoms with Crippen molar-refractivity contribution in [3.63, 3.8) is 0 Å². The second kappa shape index (κ2) is 14.0. The van der Waals surface area contributed by atoms with Gasteiger partial charge in [0.05, 0.1) is 0 Å². The summed E-state index contributed by atoms with van der Waals surface area (Å²) in [5.41, 5.74) is 10.5. The van der Waals surface area contributed by atoms with Crippen LogP contribution in [0.25, 0.3) is 142 Å². The highest BCUT2D eigenvalue weighted by Gasteiger charge is 2.22. The van der Waals surface area contributed by atoms with E-state index in [0.29, 0.717) is 17.5 Å². The van der Waals surface area contributed by atoms with Crippen LogP contribution < -0.4 is 0 Å². The number of fused-ring (bicyclic) bond motifs is 11. The predicted molar refractivity (Wildman–Crippen MR) is 269 cm³/mol. The van der Waals surface area contributed by atoms with Gasteiger partial charge in [-0.25, -0.2) is 15.0 Å². The molecule has 0 atom stereocenters. The van der Waals surface area contributed by atoms with Crippen LogP contribution in [0.2, 0.25) is 0 Å². The third kappa shape index (κ3) is 5.61. The fraction of sp³-hybridized carbons (Fsp3) is 0. The van der Waals surface area contributed by atoms with Crippen molar-refractivity contribution < 1.29 is 8.83 Å². The van der Waals surface area contributed by atoms with E-state index >= 15 is 0 Å². The summed E-state index contributed by atoms with van der Waals surface area (Å²) in [6, 6.07) is 70.3. The zero-order valence-corrected chi connectivity index (χ0v) is 35.4. The highest BCUT2D eigenvalue weighted by Crippen LogP contribution is 2.47. The van der Waals surface area contributed by atoms with Crippen LogP contribution in [0.1, 0.15) is 0 Å². The van der Waals surface area contributed by atoms with Crippen molar-refractivity contribution in [2.45, 2.75) is 0 Å². The molecule has 4 aromatic heterocycles. The minimum atomic E-state index is 0.617. The average Bonchev–Trinajstić information content (AvgIpc) is 4.07. The SMILES string of the molecule is c1ccc2cc(-c3nc(-c4ccc5sc6ccccc6c5c4)nc(-c4cccc5c(-c6ccc(-c7cccc8oc9ccccc9c78)c7oc8ccccc8c67)cccc45)n3)ccc2c1. The molecule has 0 fully saturated rings. The van der Waals surface area contributed by atoms with Gasteiger partial charge in [-0.3, -0.25) is 0 Å². The fourth-order valence-corrected chi connectivity index (χ4v) is 11.0. The highest BCUT2D eigenvalue weighted by atomic mass is 32.1. The van der Waals surface area contributed by atoms with Crippen molar-refractivity contribution in [3.8, 4) is 56.4 Å². The summed E-state index contributed by atoms with van der Waals surface area (Å²) in [7, 11) is 0. The number of furan rings is 2. The third-order valence-corrected chi connectivity index (χ3v) is 14.1. The van der Waals surface area contributed by atoms with Gasteiger partial charge in [0.25, 0.3) is 0 Å².